The van der Waals surface area contributed by atoms with Gasteiger partial charge < -0.3 is 30.2 Å². The topological polar surface area (TPSA) is 194 Å². The predicted octanol–water partition coefficient (Wildman–Crippen LogP) is -9.34. The Balaban J connectivity index is 0.00000228. The molecule has 2 aliphatic heterocycles. The molecule has 3 atom stereocenters. The predicted molar refractivity (Wildman–Crippen MR) is 112 cm³/mol. The first-order valence-corrected chi connectivity index (χ1v) is 11.8. The minimum atomic E-state index is -1.56. The van der Waals surface area contributed by atoms with Crippen LogP contribution in [0.15, 0.2) is 46.8 Å². The molecule has 2 amide bonds. The molecular formula is C19H16N6Na2O7S2. The fraction of sp³-hybridized carbons (Fsp3) is 0.316. The largest absolute Gasteiger partial charge is 1.00 e. The average Bonchev–Trinajstić information content (AvgIpc) is 3.26. The number of hydrogen-bond acceptors (Lipinski definition) is 12. The van der Waals surface area contributed by atoms with E-state index in [1.165, 1.54) is 11.8 Å². The van der Waals surface area contributed by atoms with Crippen LogP contribution in [0.2, 0.25) is 0 Å². The molecule has 0 saturated carbocycles. The van der Waals surface area contributed by atoms with Crippen molar-refractivity contribution in [2.45, 2.75) is 29.2 Å². The van der Waals surface area contributed by atoms with E-state index in [1.807, 2.05) is 0 Å². The fourth-order valence-electron chi connectivity index (χ4n) is 3.47. The van der Waals surface area contributed by atoms with Crippen LogP contribution in [0.4, 0.5) is 0 Å². The van der Waals surface area contributed by atoms with Crippen LogP contribution in [0.3, 0.4) is 0 Å². The van der Waals surface area contributed by atoms with Crippen molar-refractivity contribution in [1.82, 2.24) is 30.4 Å². The van der Waals surface area contributed by atoms with Crippen molar-refractivity contribution in [2.24, 2.45) is 0 Å². The number of carboxylic acids is 2. The molecule has 0 radical (unpaired) electrons. The third kappa shape index (κ3) is 6.52. The molecular weight excluding hydrogens is 534 g/mol. The number of rotatable bonds is 9. The monoisotopic (exact) mass is 550 g/mol. The molecule has 1 aromatic heterocycles. The van der Waals surface area contributed by atoms with Gasteiger partial charge in [-0.3, -0.25) is 14.5 Å². The van der Waals surface area contributed by atoms with E-state index in [2.05, 4.69) is 20.8 Å². The van der Waals surface area contributed by atoms with Gasteiger partial charge in [-0.05, 0) is 21.6 Å². The van der Waals surface area contributed by atoms with Crippen LogP contribution in [0.25, 0.3) is 0 Å². The second kappa shape index (κ2) is 13.4. The first-order chi connectivity index (χ1) is 16.3. The molecule has 0 spiro atoms. The molecule has 1 fully saturated rings. The maximum absolute atomic E-state index is 12.7. The van der Waals surface area contributed by atoms with Crippen molar-refractivity contribution >= 4 is 47.3 Å². The number of aliphatic carboxylic acids is 2. The summed E-state index contributed by atoms with van der Waals surface area (Å²) in [4.78, 5) is 48.9. The number of aliphatic hydroxyl groups is 1. The molecule has 2 N–H and O–H groups in total. The van der Waals surface area contributed by atoms with E-state index in [4.69, 9.17) is 0 Å². The van der Waals surface area contributed by atoms with E-state index in [0.29, 0.717) is 11.1 Å². The summed E-state index contributed by atoms with van der Waals surface area (Å²) in [6.07, 6.45) is -1.48. The Kier molecular flexibility index (Phi) is 11.5. The number of thioether (sulfide) groups is 2. The van der Waals surface area contributed by atoms with Crippen molar-refractivity contribution in [1.29, 1.82) is 0 Å². The summed E-state index contributed by atoms with van der Waals surface area (Å²) in [7, 11) is 0. The van der Waals surface area contributed by atoms with Crippen LogP contribution in [-0.4, -0.2) is 76.9 Å². The van der Waals surface area contributed by atoms with Crippen LogP contribution in [-0.2, 0) is 25.7 Å². The summed E-state index contributed by atoms with van der Waals surface area (Å²) >= 11 is 2.24. The molecule has 4 rings (SSSR count). The van der Waals surface area contributed by atoms with Crippen LogP contribution in [0.5, 0.6) is 0 Å². The number of carbonyl (C=O) groups excluding carboxylic acids is 4. The number of hydrogen-bond donors (Lipinski definition) is 2. The molecule has 36 heavy (non-hydrogen) atoms. The standard InChI is InChI=1S/C19H18N6O7S2.2Na/c26-11(27)6-24-19(21-22-23-24)34-8-10-7-33-17-12(16(30)25(17)13(10)18(31)32)20-15(29)14(28)9-4-2-1-3-5-9;;/h1-5,12,14,17,28H,6-8H2,(H,20,29)(H,26,27)(H,31,32);;/q;2*+1/p-2/t12?,14-,17-;;/m1../s1. The first-order valence-electron chi connectivity index (χ1n) is 9.78. The molecule has 0 aliphatic carbocycles. The summed E-state index contributed by atoms with van der Waals surface area (Å²) in [5, 5.41) is 45.5. The van der Waals surface area contributed by atoms with E-state index in [0.717, 1.165) is 21.3 Å². The number of fused-ring (bicyclic) bond motifs is 1. The van der Waals surface area contributed by atoms with Gasteiger partial charge in [-0.15, -0.1) is 16.9 Å². The normalized spacial score (nSPS) is 19.2. The Hall–Kier alpha value is -1.43. The summed E-state index contributed by atoms with van der Waals surface area (Å²) in [6, 6.07) is 7.18. The number of nitrogens with one attached hydrogen (secondary N) is 1. The number of carbonyl (C=O) groups is 4. The maximum atomic E-state index is 12.7. The Morgan fingerprint density at radius 1 is 1.22 bits per heavy atom. The smallest absolute Gasteiger partial charge is 0.548 e. The molecule has 2 aromatic rings. The Labute approximate surface area is 257 Å². The Bertz CT molecular complexity index is 1180. The minimum absolute atomic E-state index is 0. The molecule has 1 unspecified atom stereocenters. The van der Waals surface area contributed by atoms with Gasteiger partial charge in [0, 0.05) is 11.5 Å². The van der Waals surface area contributed by atoms with Gasteiger partial charge in [-0.25, -0.2) is 4.68 Å². The molecule has 13 nitrogen and oxygen atoms in total. The van der Waals surface area contributed by atoms with Gasteiger partial charge in [0.25, 0.3) is 11.8 Å². The van der Waals surface area contributed by atoms with Gasteiger partial charge in [0.05, 0.1) is 24.2 Å². The van der Waals surface area contributed by atoms with Crippen LogP contribution < -0.4 is 74.6 Å². The zero-order valence-corrected chi connectivity index (χ0v) is 24.8. The van der Waals surface area contributed by atoms with E-state index < -0.39 is 47.8 Å². The second-order valence-corrected chi connectivity index (χ2v) is 9.28. The number of nitrogens with zero attached hydrogens (tertiary/aromatic N) is 5. The Morgan fingerprint density at radius 3 is 2.56 bits per heavy atom. The zero-order valence-electron chi connectivity index (χ0n) is 19.2. The summed E-state index contributed by atoms with van der Waals surface area (Å²) < 4.78 is 0.996. The fourth-order valence-corrected chi connectivity index (χ4v) is 5.84. The van der Waals surface area contributed by atoms with Gasteiger partial charge in [-0.2, -0.15) is 0 Å². The first kappa shape index (κ1) is 30.8. The number of aliphatic hydroxyl groups excluding tert-OH is 1. The van der Waals surface area contributed by atoms with Crippen LogP contribution in [0.1, 0.15) is 11.7 Å². The minimum Gasteiger partial charge on any atom is -0.548 e. The SMILES string of the molecule is O=C([O-])Cn1nnnc1SCC1=C(C(=O)[O-])N2C(=O)C(NC(=O)[C@H](O)c3ccccc3)[C@H]2SC1.[Na+].[Na+]. The molecule has 0 bridgehead atoms. The van der Waals surface area contributed by atoms with Crippen molar-refractivity contribution in [3.63, 3.8) is 0 Å². The summed E-state index contributed by atoms with van der Waals surface area (Å²) in [5.74, 6) is -4.10. The van der Waals surface area contributed by atoms with Crippen molar-refractivity contribution in [3.05, 3.63) is 47.2 Å². The number of carboxylic acid groups (broad SMARTS) is 2. The molecule has 17 heteroatoms. The van der Waals surface area contributed by atoms with Gasteiger partial charge in [-0.1, -0.05) is 42.1 Å². The van der Waals surface area contributed by atoms with Crippen LogP contribution >= 0.6 is 23.5 Å². The number of β-lactam (4-membered cyclic amide) rings is 1. The number of tetrazole rings is 1. The van der Waals surface area contributed by atoms with E-state index in [9.17, 15) is 34.5 Å². The van der Waals surface area contributed by atoms with Crippen molar-refractivity contribution < 1.29 is 93.6 Å². The molecule has 3 heterocycles. The second-order valence-electron chi connectivity index (χ2n) is 7.23. The van der Waals surface area contributed by atoms with Gasteiger partial charge >= 0.3 is 59.1 Å². The van der Waals surface area contributed by atoms with Gasteiger partial charge in [0.2, 0.25) is 5.16 Å². The van der Waals surface area contributed by atoms with E-state index >= 15 is 0 Å². The maximum Gasteiger partial charge on any atom is 1.00 e. The van der Waals surface area contributed by atoms with E-state index in [1.54, 1.807) is 30.3 Å². The quantitative estimate of drug-likeness (QED) is 0.170. The summed E-state index contributed by atoms with van der Waals surface area (Å²) in [5.41, 5.74) is 0.404. The van der Waals surface area contributed by atoms with Gasteiger partial charge in [0.15, 0.2) is 6.10 Å². The molecule has 2 aliphatic rings. The van der Waals surface area contributed by atoms with Crippen LogP contribution in [0, 0.1) is 0 Å². The van der Waals surface area contributed by atoms with Gasteiger partial charge in [0.1, 0.15) is 11.4 Å². The molecule has 1 aromatic carbocycles. The van der Waals surface area contributed by atoms with Crippen molar-refractivity contribution in [3.8, 4) is 0 Å². The summed E-state index contributed by atoms with van der Waals surface area (Å²) in [6.45, 7) is -0.570. The number of aromatic nitrogens is 4. The Morgan fingerprint density at radius 2 is 1.92 bits per heavy atom. The number of benzene rings is 1. The molecule has 1 saturated heterocycles. The van der Waals surface area contributed by atoms with Crippen molar-refractivity contribution in [2.75, 3.05) is 11.5 Å². The average molecular weight is 550 g/mol. The third-order valence-corrected chi connectivity index (χ3v) is 7.44. The molecule has 178 valence electrons. The third-order valence-electron chi connectivity index (χ3n) is 5.06. The van der Waals surface area contributed by atoms with E-state index in [-0.39, 0.29) is 81.5 Å². The number of amides is 2. The zero-order chi connectivity index (χ0) is 24.4.